The Morgan fingerprint density at radius 3 is 3.00 bits per heavy atom. The molecule has 0 unspecified atom stereocenters. The summed E-state index contributed by atoms with van der Waals surface area (Å²) in [5, 5.41) is 9.77. The van der Waals surface area contributed by atoms with Gasteiger partial charge in [-0.15, -0.1) is 5.10 Å². The van der Waals surface area contributed by atoms with Crippen LogP contribution in [0.1, 0.15) is 15.9 Å². The van der Waals surface area contributed by atoms with E-state index in [1.165, 1.54) is 18.6 Å². The normalized spacial score (nSPS) is 9.32. The molecule has 2 aromatic rings. The Hall–Kier alpha value is -2.85. The van der Waals surface area contributed by atoms with Gasteiger partial charge < -0.3 is 5.73 Å². The number of aromatic nitrogens is 4. The predicted octanol–water partition coefficient (Wildman–Crippen LogP) is -0.171. The van der Waals surface area contributed by atoms with Crippen LogP contribution >= 0.6 is 0 Å². The number of nitrogens with two attached hydrogens (primary N) is 1. The highest BCUT2D eigenvalue weighted by atomic mass is 16.1. The molecule has 2 rings (SSSR count). The van der Waals surface area contributed by atoms with Gasteiger partial charge in [-0.25, -0.2) is 4.98 Å². The van der Waals surface area contributed by atoms with Crippen molar-refractivity contribution in [2.24, 2.45) is 5.73 Å². The lowest BCUT2D eigenvalue weighted by molar-refractivity contribution is 0.102. The number of hydrogen-bond donors (Lipinski definition) is 2. The summed E-state index contributed by atoms with van der Waals surface area (Å²) in [5.74, 6) is 5.25. The van der Waals surface area contributed by atoms with Crippen LogP contribution in [0.5, 0.6) is 0 Å². The van der Waals surface area contributed by atoms with Crippen molar-refractivity contribution in [3.05, 3.63) is 42.0 Å². The Labute approximate surface area is 109 Å². The third kappa shape index (κ3) is 3.55. The minimum atomic E-state index is -0.378. The van der Waals surface area contributed by atoms with Crippen LogP contribution in [0.2, 0.25) is 0 Å². The molecule has 2 heterocycles. The van der Waals surface area contributed by atoms with E-state index < -0.39 is 0 Å². The molecule has 94 valence electrons. The van der Waals surface area contributed by atoms with Crippen LogP contribution in [0.3, 0.4) is 0 Å². The number of nitrogens with zero attached hydrogens (tertiary/aromatic N) is 4. The van der Waals surface area contributed by atoms with Gasteiger partial charge in [0.2, 0.25) is 5.95 Å². The Morgan fingerprint density at radius 1 is 1.37 bits per heavy atom. The zero-order chi connectivity index (χ0) is 13.5. The molecule has 0 aliphatic heterocycles. The lowest BCUT2D eigenvalue weighted by Gasteiger charge is -2.02. The SMILES string of the molecule is NCC#Cc1cncc(C(=O)Nc2nccnn2)c1. The fraction of sp³-hybridized carbons (Fsp3) is 0.0833. The minimum Gasteiger partial charge on any atom is -0.320 e. The second kappa shape index (κ2) is 6.18. The summed E-state index contributed by atoms with van der Waals surface area (Å²) >= 11 is 0. The Kier molecular flexibility index (Phi) is 4.10. The Bertz CT molecular complexity index is 631. The van der Waals surface area contributed by atoms with Crippen LogP contribution < -0.4 is 11.1 Å². The topological polar surface area (TPSA) is 107 Å². The number of carbonyl (C=O) groups excluding carboxylic acids is 1. The van der Waals surface area contributed by atoms with E-state index in [1.807, 2.05) is 0 Å². The van der Waals surface area contributed by atoms with Gasteiger partial charge >= 0.3 is 0 Å². The molecule has 19 heavy (non-hydrogen) atoms. The molecule has 0 saturated heterocycles. The molecule has 0 atom stereocenters. The Balaban J connectivity index is 2.15. The molecule has 0 radical (unpaired) electrons. The van der Waals surface area contributed by atoms with E-state index in [4.69, 9.17) is 5.73 Å². The number of anilines is 1. The van der Waals surface area contributed by atoms with Crippen molar-refractivity contribution in [1.82, 2.24) is 20.2 Å². The van der Waals surface area contributed by atoms with Crippen molar-refractivity contribution in [2.45, 2.75) is 0 Å². The first-order valence-corrected chi connectivity index (χ1v) is 5.38. The van der Waals surface area contributed by atoms with Crippen molar-refractivity contribution < 1.29 is 4.79 Å². The van der Waals surface area contributed by atoms with Crippen molar-refractivity contribution in [3.8, 4) is 11.8 Å². The van der Waals surface area contributed by atoms with E-state index in [0.717, 1.165) is 0 Å². The monoisotopic (exact) mass is 254 g/mol. The van der Waals surface area contributed by atoms with E-state index in [9.17, 15) is 4.79 Å². The van der Waals surface area contributed by atoms with Crippen LogP contribution in [-0.4, -0.2) is 32.6 Å². The summed E-state index contributed by atoms with van der Waals surface area (Å²) in [5.41, 5.74) is 6.25. The van der Waals surface area contributed by atoms with Gasteiger partial charge in [0.1, 0.15) is 0 Å². The highest BCUT2D eigenvalue weighted by molar-refractivity contribution is 6.03. The third-order valence-electron chi connectivity index (χ3n) is 2.04. The summed E-state index contributed by atoms with van der Waals surface area (Å²) in [4.78, 5) is 19.7. The third-order valence-corrected chi connectivity index (χ3v) is 2.04. The Morgan fingerprint density at radius 2 is 2.26 bits per heavy atom. The van der Waals surface area contributed by atoms with Gasteiger partial charge in [-0.1, -0.05) is 11.8 Å². The van der Waals surface area contributed by atoms with Gasteiger partial charge in [0, 0.05) is 18.0 Å². The zero-order valence-corrected chi connectivity index (χ0v) is 9.87. The molecule has 0 bridgehead atoms. The second-order valence-electron chi connectivity index (χ2n) is 3.39. The second-order valence-corrected chi connectivity index (χ2v) is 3.39. The molecule has 0 spiro atoms. The molecular weight excluding hydrogens is 244 g/mol. The summed E-state index contributed by atoms with van der Waals surface area (Å²) in [6, 6.07) is 1.61. The number of nitrogens with one attached hydrogen (secondary N) is 1. The average molecular weight is 254 g/mol. The molecule has 7 nitrogen and oxygen atoms in total. The zero-order valence-electron chi connectivity index (χ0n) is 9.87. The molecular formula is C12H10N6O. The maximum Gasteiger partial charge on any atom is 0.259 e. The van der Waals surface area contributed by atoms with Gasteiger partial charge in [-0.3, -0.25) is 15.1 Å². The molecule has 7 heteroatoms. The van der Waals surface area contributed by atoms with Crippen molar-refractivity contribution in [2.75, 3.05) is 11.9 Å². The quantitative estimate of drug-likeness (QED) is 0.720. The molecule has 0 aromatic carbocycles. The fourth-order valence-corrected chi connectivity index (χ4v) is 1.26. The summed E-state index contributed by atoms with van der Waals surface area (Å²) in [6.07, 6.45) is 5.84. The summed E-state index contributed by atoms with van der Waals surface area (Å²) in [6.45, 7) is 0.250. The van der Waals surface area contributed by atoms with Crippen LogP contribution in [0.25, 0.3) is 0 Å². The highest BCUT2D eigenvalue weighted by Gasteiger charge is 2.08. The molecule has 3 N–H and O–H groups in total. The molecule has 0 aliphatic carbocycles. The first-order valence-electron chi connectivity index (χ1n) is 5.38. The van der Waals surface area contributed by atoms with Gasteiger partial charge in [-0.05, 0) is 6.07 Å². The van der Waals surface area contributed by atoms with Crippen molar-refractivity contribution >= 4 is 11.9 Å². The average Bonchev–Trinajstić information content (AvgIpc) is 2.46. The number of amides is 1. The maximum absolute atomic E-state index is 11.9. The van der Waals surface area contributed by atoms with E-state index in [1.54, 1.807) is 12.3 Å². The van der Waals surface area contributed by atoms with Gasteiger partial charge in [0.15, 0.2) is 0 Å². The fourth-order valence-electron chi connectivity index (χ4n) is 1.26. The smallest absolute Gasteiger partial charge is 0.259 e. The number of hydrogen-bond acceptors (Lipinski definition) is 6. The van der Waals surface area contributed by atoms with E-state index >= 15 is 0 Å². The van der Waals surface area contributed by atoms with E-state index in [2.05, 4.69) is 37.3 Å². The van der Waals surface area contributed by atoms with E-state index in [0.29, 0.717) is 11.1 Å². The largest absolute Gasteiger partial charge is 0.320 e. The number of carbonyl (C=O) groups is 1. The van der Waals surface area contributed by atoms with Gasteiger partial charge in [0.25, 0.3) is 5.91 Å². The lowest BCUT2D eigenvalue weighted by Crippen LogP contribution is -2.14. The van der Waals surface area contributed by atoms with Crippen molar-refractivity contribution in [1.29, 1.82) is 0 Å². The molecule has 2 aromatic heterocycles. The molecule has 0 fully saturated rings. The molecule has 0 aliphatic rings. The number of rotatable bonds is 2. The van der Waals surface area contributed by atoms with Gasteiger partial charge in [-0.2, -0.15) is 5.10 Å². The summed E-state index contributed by atoms with van der Waals surface area (Å²) < 4.78 is 0. The van der Waals surface area contributed by atoms with Gasteiger partial charge in [0.05, 0.1) is 24.5 Å². The van der Waals surface area contributed by atoms with Crippen LogP contribution in [0.15, 0.2) is 30.9 Å². The number of pyridine rings is 1. The van der Waals surface area contributed by atoms with Crippen LogP contribution in [0, 0.1) is 11.8 Å². The maximum atomic E-state index is 11.9. The highest BCUT2D eigenvalue weighted by Crippen LogP contribution is 2.04. The van der Waals surface area contributed by atoms with Crippen LogP contribution in [-0.2, 0) is 0 Å². The standard InChI is InChI=1S/C12H10N6O/c13-3-1-2-9-6-10(8-14-7-9)11(19)17-12-15-4-5-16-18-12/h4-8H,3,13H2,(H,15,17,18,19). The van der Waals surface area contributed by atoms with E-state index in [-0.39, 0.29) is 18.4 Å². The summed E-state index contributed by atoms with van der Waals surface area (Å²) in [7, 11) is 0. The van der Waals surface area contributed by atoms with Crippen LogP contribution in [0.4, 0.5) is 5.95 Å². The lowest BCUT2D eigenvalue weighted by atomic mass is 10.2. The molecule has 0 saturated carbocycles. The molecule has 1 amide bonds. The predicted molar refractivity (Wildman–Crippen MR) is 67.9 cm³/mol. The first-order chi connectivity index (χ1) is 9.29. The minimum absolute atomic E-state index is 0.131. The van der Waals surface area contributed by atoms with Crippen molar-refractivity contribution in [3.63, 3.8) is 0 Å². The first kappa shape index (κ1) is 12.6.